The van der Waals surface area contributed by atoms with Crippen molar-refractivity contribution in [3.63, 3.8) is 0 Å². The van der Waals surface area contributed by atoms with Crippen molar-refractivity contribution in [3.05, 3.63) is 59.4 Å². The molecule has 2 aromatic rings. The summed E-state index contributed by atoms with van der Waals surface area (Å²) in [7, 11) is 1.35. The molecule has 0 radical (unpaired) electrons. The lowest BCUT2D eigenvalue weighted by molar-refractivity contribution is -0.116. The van der Waals surface area contributed by atoms with Crippen molar-refractivity contribution in [1.82, 2.24) is 10.3 Å². The molecule has 0 bridgehead atoms. The highest BCUT2D eigenvalue weighted by Crippen LogP contribution is 2.29. The SMILES string of the molecule is COc1cc(/C=C/C(=O)NCc2cccc(C)n2)ccc1OC(F)F. The average molecular weight is 348 g/mol. The molecule has 2 rings (SSSR count). The Morgan fingerprint density at radius 1 is 1.28 bits per heavy atom. The first kappa shape index (κ1) is 18.4. The summed E-state index contributed by atoms with van der Waals surface area (Å²) in [6.07, 6.45) is 2.89. The van der Waals surface area contributed by atoms with Crippen LogP contribution in [0.15, 0.2) is 42.5 Å². The van der Waals surface area contributed by atoms with Crippen LogP contribution < -0.4 is 14.8 Å². The fourth-order valence-electron chi connectivity index (χ4n) is 2.09. The number of amides is 1. The first-order valence-electron chi connectivity index (χ1n) is 7.49. The first-order valence-corrected chi connectivity index (χ1v) is 7.49. The lowest BCUT2D eigenvalue weighted by Crippen LogP contribution is -2.20. The van der Waals surface area contributed by atoms with E-state index in [9.17, 15) is 13.6 Å². The van der Waals surface area contributed by atoms with E-state index in [1.807, 2.05) is 25.1 Å². The van der Waals surface area contributed by atoms with E-state index in [4.69, 9.17) is 4.74 Å². The topological polar surface area (TPSA) is 60.5 Å². The Kier molecular flexibility index (Phi) is 6.45. The maximum absolute atomic E-state index is 12.3. The van der Waals surface area contributed by atoms with Crippen molar-refractivity contribution in [2.45, 2.75) is 20.1 Å². The van der Waals surface area contributed by atoms with E-state index >= 15 is 0 Å². The maximum Gasteiger partial charge on any atom is 0.387 e. The average Bonchev–Trinajstić information content (AvgIpc) is 2.58. The van der Waals surface area contributed by atoms with Gasteiger partial charge in [0.15, 0.2) is 11.5 Å². The van der Waals surface area contributed by atoms with Crippen molar-refractivity contribution in [2.75, 3.05) is 7.11 Å². The number of aromatic nitrogens is 1. The summed E-state index contributed by atoms with van der Waals surface area (Å²) in [4.78, 5) is 16.1. The van der Waals surface area contributed by atoms with Gasteiger partial charge in [-0.25, -0.2) is 0 Å². The van der Waals surface area contributed by atoms with Gasteiger partial charge in [-0.05, 0) is 42.8 Å². The minimum Gasteiger partial charge on any atom is -0.493 e. The van der Waals surface area contributed by atoms with Gasteiger partial charge in [0.25, 0.3) is 0 Å². The smallest absolute Gasteiger partial charge is 0.387 e. The Balaban J connectivity index is 1.97. The van der Waals surface area contributed by atoms with Gasteiger partial charge >= 0.3 is 6.61 Å². The van der Waals surface area contributed by atoms with Gasteiger partial charge in [-0.1, -0.05) is 12.1 Å². The van der Waals surface area contributed by atoms with Gasteiger partial charge in [0, 0.05) is 11.8 Å². The molecule has 132 valence electrons. The summed E-state index contributed by atoms with van der Waals surface area (Å²) in [5.74, 6) is -0.202. The minimum atomic E-state index is -2.93. The lowest BCUT2D eigenvalue weighted by Gasteiger charge is -2.10. The predicted octanol–water partition coefficient (Wildman–Crippen LogP) is 3.33. The lowest BCUT2D eigenvalue weighted by atomic mass is 10.2. The molecule has 1 aromatic carbocycles. The normalized spacial score (nSPS) is 10.9. The molecule has 0 fully saturated rings. The number of pyridine rings is 1. The molecular formula is C18H18F2N2O3. The van der Waals surface area contributed by atoms with E-state index < -0.39 is 6.61 Å². The van der Waals surface area contributed by atoms with Gasteiger partial charge in [-0.15, -0.1) is 0 Å². The summed E-state index contributed by atoms with van der Waals surface area (Å²) in [5.41, 5.74) is 2.25. The molecule has 0 aliphatic rings. The fraction of sp³-hybridized carbons (Fsp3) is 0.222. The van der Waals surface area contributed by atoms with Gasteiger partial charge in [-0.2, -0.15) is 8.78 Å². The highest BCUT2D eigenvalue weighted by molar-refractivity contribution is 5.91. The highest BCUT2D eigenvalue weighted by Gasteiger charge is 2.10. The number of ether oxygens (including phenoxy) is 2. The number of rotatable bonds is 7. The molecule has 0 unspecified atom stereocenters. The van der Waals surface area contributed by atoms with Crippen LogP contribution in [0, 0.1) is 6.92 Å². The molecule has 5 nitrogen and oxygen atoms in total. The van der Waals surface area contributed by atoms with E-state index in [-0.39, 0.29) is 17.4 Å². The summed E-state index contributed by atoms with van der Waals surface area (Å²) in [6, 6.07) is 9.98. The van der Waals surface area contributed by atoms with E-state index in [1.54, 1.807) is 12.1 Å². The third-order valence-electron chi connectivity index (χ3n) is 3.22. The predicted molar refractivity (Wildman–Crippen MR) is 89.5 cm³/mol. The number of carbonyl (C=O) groups is 1. The molecule has 0 atom stereocenters. The zero-order valence-electron chi connectivity index (χ0n) is 13.8. The maximum atomic E-state index is 12.3. The number of carbonyl (C=O) groups excluding carboxylic acids is 1. The summed E-state index contributed by atoms with van der Waals surface area (Å²) < 4.78 is 33.9. The van der Waals surface area contributed by atoms with Crippen molar-refractivity contribution < 1.29 is 23.0 Å². The van der Waals surface area contributed by atoms with Crippen LogP contribution in [0.1, 0.15) is 17.0 Å². The number of alkyl halides is 2. The van der Waals surface area contributed by atoms with E-state index in [2.05, 4.69) is 15.0 Å². The molecule has 0 aliphatic heterocycles. The second-order valence-corrected chi connectivity index (χ2v) is 5.11. The summed E-state index contributed by atoms with van der Waals surface area (Å²) in [6.45, 7) is -0.744. The summed E-state index contributed by atoms with van der Waals surface area (Å²) in [5, 5.41) is 2.72. The van der Waals surface area contributed by atoms with Gasteiger partial charge in [0.05, 0.1) is 19.3 Å². The summed E-state index contributed by atoms with van der Waals surface area (Å²) >= 11 is 0. The van der Waals surface area contributed by atoms with E-state index in [0.29, 0.717) is 12.1 Å². The van der Waals surface area contributed by atoms with E-state index in [1.165, 1.54) is 25.3 Å². The zero-order chi connectivity index (χ0) is 18.2. The number of benzene rings is 1. The third-order valence-corrected chi connectivity index (χ3v) is 3.22. The molecule has 0 aliphatic carbocycles. The number of halogens is 2. The number of aryl methyl sites for hydroxylation is 1. The zero-order valence-corrected chi connectivity index (χ0v) is 13.8. The van der Waals surface area contributed by atoms with Crippen LogP contribution in [-0.2, 0) is 11.3 Å². The van der Waals surface area contributed by atoms with Gasteiger partial charge < -0.3 is 14.8 Å². The molecule has 0 saturated heterocycles. The fourth-order valence-corrected chi connectivity index (χ4v) is 2.09. The highest BCUT2D eigenvalue weighted by atomic mass is 19.3. The molecule has 7 heteroatoms. The molecule has 1 N–H and O–H groups in total. The van der Waals surface area contributed by atoms with Crippen molar-refractivity contribution in [3.8, 4) is 11.5 Å². The second kappa shape index (κ2) is 8.77. The van der Waals surface area contributed by atoms with Crippen LogP contribution in [0.2, 0.25) is 0 Å². The minimum absolute atomic E-state index is 0.0652. The molecule has 0 spiro atoms. The Labute approximate surface area is 144 Å². The molecule has 1 heterocycles. The van der Waals surface area contributed by atoms with Crippen molar-refractivity contribution in [1.29, 1.82) is 0 Å². The van der Waals surface area contributed by atoms with Crippen molar-refractivity contribution in [2.24, 2.45) is 0 Å². The van der Waals surface area contributed by atoms with Crippen LogP contribution in [0.3, 0.4) is 0 Å². The Hall–Kier alpha value is -2.96. The number of hydrogen-bond acceptors (Lipinski definition) is 4. The largest absolute Gasteiger partial charge is 0.493 e. The molecule has 25 heavy (non-hydrogen) atoms. The Morgan fingerprint density at radius 2 is 2.08 bits per heavy atom. The number of methoxy groups -OCH3 is 1. The van der Waals surface area contributed by atoms with Gasteiger partial charge in [-0.3, -0.25) is 9.78 Å². The van der Waals surface area contributed by atoms with Crippen LogP contribution in [0.25, 0.3) is 6.08 Å². The number of nitrogens with one attached hydrogen (secondary N) is 1. The second-order valence-electron chi connectivity index (χ2n) is 5.11. The number of hydrogen-bond donors (Lipinski definition) is 1. The molecule has 1 aromatic heterocycles. The first-order chi connectivity index (χ1) is 12.0. The molecule has 0 saturated carbocycles. The third kappa shape index (κ3) is 5.87. The van der Waals surface area contributed by atoms with Crippen LogP contribution in [0.5, 0.6) is 11.5 Å². The standard InChI is InChI=1S/C18H18F2N2O3/c1-12-4-3-5-14(22-12)11-21-17(23)9-7-13-6-8-15(25-18(19)20)16(10-13)24-2/h3-10,18H,11H2,1-2H3,(H,21,23)/b9-7+. The quantitative estimate of drug-likeness (QED) is 0.780. The molecule has 1 amide bonds. The van der Waals surface area contributed by atoms with Crippen molar-refractivity contribution >= 4 is 12.0 Å². The molecular weight excluding hydrogens is 330 g/mol. The van der Waals surface area contributed by atoms with Crippen LogP contribution in [-0.4, -0.2) is 24.6 Å². The number of nitrogens with zero attached hydrogens (tertiary/aromatic N) is 1. The van der Waals surface area contributed by atoms with Crippen LogP contribution in [0.4, 0.5) is 8.78 Å². The Bertz CT molecular complexity index is 764. The van der Waals surface area contributed by atoms with Gasteiger partial charge in [0.2, 0.25) is 5.91 Å². The van der Waals surface area contributed by atoms with Crippen LogP contribution >= 0.6 is 0 Å². The van der Waals surface area contributed by atoms with E-state index in [0.717, 1.165) is 11.4 Å². The van der Waals surface area contributed by atoms with Gasteiger partial charge in [0.1, 0.15) is 0 Å². The monoisotopic (exact) mass is 348 g/mol. The Morgan fingerprint density at radius 3 is 2.76 bits per heavy atom.